The monoisotopic (exact) mass is 436 g/mol. The highest BCUT2D eigenvalue weighted by molar-refractivity contribution is 5.95. The number of hydrogen-bond donors (Lipinski definition) is 1. The summed E-state index contributed by atoms with van der Waals surface area (Å²) in [6.07, 6.45) is 4.14. The van der Waals surface area contributed by atoms with Crippen molar-refractivity contribution in [3.63, 3.8) is 0 Å². The molecule has 1 aliphatic rings. The SMILES string of the molecule is COc1cccc(-c2ccnc(-n3ncc(C(=O)NCCCN4CCOCC4)c3C)n2)c1. The van der Waals surface area contributed by atoms with Crippen LogP contribution in [0.1, 0.15) is 22.5 Å². The van der Waals surface area contributed by atoms with Gasteiger partial charge in [0.15, 0.2) is 0 Å². The average molecular weight is 437 g/mol. The molecule has 9 heteroatoms. The quantitative estimate of drug-likeness (QED) is 0.541. The van der Waals surface area contributed by atoms with Gasteiger partial charge in [-0.15, -0.1) is 0 Å². The lowest BCUT2D eigenvalue weighted by Gasteiger charge is -2.26. The highest BCUT2D eigenvalue weighted by Gasteiger charge is 2.17. The summed E-state index contributed by atoms with van der Waals surface area (Å²) in [5.74, 6) is 1.03. The summed E-state index contributed by atoms with van der Waals surface area (Å²) in [6, 6.07) is 9.50. The summed E-state index contributed by atoms with van der Waals surface area (Å²) >= 11 is 0. The minimum Gasteiger partial charge on any atom is -0.497 e. The van der Waals surface area contributed by atoms with Crippen LogP contribution in [0.15, 0.2) is 42.7 Å². The van der Waals surface area contributed by atoms with Crippen molar-refractivity contribution in [3.8, 4) is 23.0 Å². The van der Waals surface area contributed by atoms with Gasteiger partial charge in [0.2, 0.25) is 0 Å². The van der Waals surface area contributed by atoms with E-state index in [1.54, 1.807) is 24.2 Å². The number of benzene rings is 1. The molecule has 0 saturated carbocycles. The molecule has 168 valence electrons. The van der Waals surface area contributed by atoms with Crippen molar-refractivity contribution >= 4 is 5.91 Å². The van der Waals surface area contributed by atoms with E-state index in [0.29, 0.717) is 23.8 Å². The Balaban J connectivity index is 1.41. The minimum atomic E-state index is -0.139. The summed E-state index contributed by atoms with van der Waals surface area (Å²) in [7, 11) is 1.63. The largest absolute Gasteiger partial charge is 0.497 e. The van der Waals surface area contributed by atoms with Crippen LogP contribution in [0.4, 0.5) is 0 Å². The molecule has 1 aliphatic heterocycles. The Labute approximate surface area is 187 Å². The molecule has 1 saturated heterocycles. The third kappa shape index (κ3) is 5.12. The molecule has 1 amide bonds. The molecule has 1 N–H and O–H groups in total. The molecule has 0 bridgehead atoms. The Morgan fingerprint density at radius 3 is 2.91 bits per heavy atom. The third-order valence-corrected chi connectivity index (χ3v) is 5.49. The van der Waals surface area contributed by atoms with Crippen molar-refractivity contribution < 1.29 is 14.3 Å². The number of carbonyl (C=O) groups excluding carboxylic acids is 1. The zero-order valence-corrected chi connectivity index (χ0v) is 18.5. The predicted molar refractivity (Wildman–Crippen MR) is 120 cm³/mol. The van der Waals surface area contributed by atoms with Gasteiger partial charge in [0.25, 0.3) is 11.9 Å². The van der Waals surface area contributed by atoms with Gasteiger partial charge in [-0.05, 0) is 38.1 Å². The predicted octanol–water partition coefficient (Wildman–Crippen LogP) is 2.10. The topological polar surface area (TPSA) is 94.4 Å². The van der Waals surface area contributed by atoms with Crippen molar-refractivity contribution in [1.82, 2.24) is 30.0 Å². The van der Waals surface area contributed by atoms with Crippen LogP contribution in [-0.4, -0.2) is 77.1 Å². The first-order chi connectivity index (χ1) is 15.7. The molecular weight excluding hydrogens is 408 g/mol. The van der Waals surface area contributed by atoms with Gasteiger partial charge in [0.05, 0.1) is 43.5 Å². The number of aromatic nitrogens is 4. The van der Waals surface area contributed by atoms with Crippen molar-refractivity contribution in [3.05, 3.63) is 54.0 Å². The van der Waals surface area contributed by atoms with Crippen LogP contribution >= 0.6 is 0 Å². The number of nitrogens with one attached hydrogen (secondary N) is 1. The molecule has 2 aromatic heterocycles. The first-order valence-corrected chi connectivity index (χ1v) is 10.8. The summed E-state index contributed by atoms with van der Waals surface area (Å²) < 4.78 is 12.3. The van der Waals surface area contributed by atoms with E-state index in [1.165, 1.54) is 0 Å². The Kier molecular flexibility index (Phi) is 7.08. The molecule has 9 nitrogen and oxygen atoms in total. The normalized spacial score (nSPS) is 14.3. The number of nitrogens with zero attached hydrogens (tertiary/aromatic N) is 5. The fraction of sp³-hybridized carbons (Fsp3) is 0.391. The minimum absolute atomic E-state index is 0.139. The van der Waals surface area contributed by atoms with Crippen LogP contribution in [0, 0.1) is 6.92 Å². The van der Waals surface area contributed by atoms with Crippen LogP contribution < -0.4 is 10.1 Å². The van der Waals surface area contributed by atoms with E-state index in [9.17, 15) is 4.79 Å². The van der Waals surface area contributed by atoms with Gasteiger partial charge in [-0.2, -0.15) is 5.10 Å². The highest BCUT2D eigenvalue weighted by atomic mass is 16.5. The van der Waals surface area contributed by atoms with Crippen LogP contribution in [-0.2, 0) is 4.74 Å². The fourth-order valence-corrected chi connectivity index (χ4v) is 3.65. The van der Waals surface area contributed by atoms with Crippen molar-refractivity contribution in [1.29, 1.82) is 0 Å². The maximum absolute atomic E-state index is 12.7. The molecule has 0 radical (unpaired) electrons. The number of morpholine rings is 1. The van der Waals surface area contributed by atoms with Gasteiger partial charge in [-0.1, -0.05) is 12.1 Å². The van der Waals surface area contributed by atoms with E-state index in [-0.39, 0.29) is 5.91 Å². The van der Waals surface area contributed by atoms with Gasteiger partial charge >= 0.3 is 0 Å². The molecule has 4 rings (SSSR count). The van der Waals surface area contributed by atoms with E-state index in [1.807, 2.05) is 37.3 Å². The van der Waals surface area contributed by atoms with E-state index < -0.39 is 0 Å². The lowest BCUT2D eigenvalue weighted by Crippen LogP contribution is -2.38. The van der Waals surface area contributed by atoms with Gasteiger partial charge in [0.1, 0.15) is 5.75 Å². The smallest absolute Gasteiger partial charge is 0.254 e. The molecule has 0 unspecified atom stereocenters. The second kappa shape index (κ2) is 10.3. The maximum Gasteiger partial charge on any atom is 0.254 e. The van der Waals surface area contributed by atoms with E-state index >= 15 is 0 Å². The zero-order chi connectivity index (χ0) is 22.3. The lowest BCUT2D eigenvalue weighted by atomic mass is 10.1. The Bertz CT molecular complexity index is 1060. The summed E-state index contributed by atoms with van der Waals surface area (Å²) in [4.78, 5) is 24.0. The zero-order valence-electron chi connectivity index (χ0n) is 18.5. The highest BCUT2D eigenvalue weighted by Crippen LogP contribution is 2.22. The number of methoxy groups -OCH3 is 1. The number of ether oxygens (including phenoxy) is 2. The van der Waals surface area contributed by atoms with Gasteiger partial charge in [0, 0.05) is 31.4 Å². The summed E-state index contributed by atoms with van der Waals surface area (Å²) in [5.41, 5.74) is 2.87. The maximum atomic E-state index is 12.7. The third-order valence-electron chi connectivity index (χ3n) is 5.49. The second-order valence-corrected chi connectivity index (χ2v) is 7.59. The second-order valence-electron chi connectivity index (χ2n) is 7.59. The Hall–Kier alpha value is -3.30. The fourth-order valence-electron chi connectivity index (χ4n) is 3.65. The molecule has 3 heterocycles. The molecule has 0 spiro atoms. The number of hydrogen-bond acceptors (Lipinski definition) is 7. The molecule has 0 aliphatic carbocycles. The van der Waals surface area contributed by atoms with E-state index in [2.05, 4.69) is 25.3 Å². The standard InChI is InChI=1S/C23H28N6O3/c1-17-20(22(30)24-8-4-10-28-11-13-32-14-12-28)16-26-29(17)23-25-9-7-21(27-23)18-5-3-6-19(15-18)31-2/h3,5-7,9,15-16H,4,8,10-14H2,1-2H3,(H,24,30). The molecule has 0 atom stereocenters. The molecular formula is C23H28N6O3. The summed E-state index contributed by atoms with van der Waals surface area (Å²) in [6.45, 7) is 6.88. The van der Waals surface area contributed by atoms with E-state index in [0.717, 1.165) is 56.3 Å². The summed E-state index contributed by atoms with van der Waals surface area (Å²) in [5, 5.41) is 7.35. The van der Waals surface area contributed by atoms with Crippen LogP contribution in [0.2, 0.25) is 0 Å². The van der Waals surface area contributed by atoms with Gasteiger partial charge in [-0.3, -0.25) is 9.69 Å². The van der Waals surface area contributed by atoms with Crippen molar-refractivity contribution in [2.75, 3.05) is 46.5 Å². The molecule has 32 heavy (non-hydrogen) atoms. The van der Waals surface area contributed by atoms with Gasteiger partial charge < -0.3 is 14.8 Å². The van der Waals surface area contributed by atoms with Crippen LogP contribution in [0.5, 0.6) is 5.75 Å². The first kappa shape index (κ1) is 21.9. The van der Waals surface area contributed by atoms with Gasteiger partial charge in [-0.25, -0.2) is 14.6 Å². The Morgan fingerprint density at radius 2 is 2.09 bits per heavy atom. The number of carbonyl (C=O) groups is 1. The van der Waals surface area contributed by atoms with Crippen LogP contribution in [0.25, 0.3) is 17.2 Å². The Morgan fingerprint density at radius 1 is 1.25 bits per heavy atom. The lowest BCUT2D eigenvalue weighted by molar-refractivity contribution is 0.0374. The molecule has 1 aromatic carbocycles. The first-order valence-electron chi connectivity index (χ1n) is 10.8. The number of amides is 1. The van der Waals surface area contributed by atoms with Crippen LogP contribution in [0.3, 0.4) is 0 Å². The van der Waals surface area contributed by atoms with Crippen molar-refractivity contribution in [2.24, 2.45) is 0 Å². The molecule has 1 fully saturated rings. The average Bonchev–Trinajstić information content (AvgIpc) is 3.24. The molecule has 3 aromatic rings. The van der Waals surface area contributed by atoms with E-state index in [4.69, 9.17) is 9.47 Å². The van der Waals surface area contributed by atoms with Crippen molar-refractivity contribution in [2.45, 2.75) is 13.3 Å². The number of rotatable bonds is 8.